The third-order valence-electron chi connectivity index (χ3n) is 4.08. The van der Waals surface area contributed by atoms with Crippen LogP contribution in [0.3, 0.4) is 0 Å². The first-order valence-electron chi connectivity index (χ1n) is 8.79. The van der Waals surface area contributed by atoms with E-state index in [1.807, 2.05) is 33.9 Å². The molecule has 1 amide bonds. The van der Waals surface area contributed by atoms with Gasteiger partial charge in [-0.15, -0.1) is 0 Å². The normalized spacial score (nSPS) is 10.9. The van der Waals surface area contributed by atoms with E-state index in [9.17, 15) is 13.2 Å². The molecule has 0 aliphatic carbocycles. The predicted octanol–water partition coefficient (Wildman–Crippen LogP) is 3.70. The van der Waals surface area contributed by atoms with Crippen molar-refractivity contribution in [3.05, 3.63) is 69.7 Å². The molecule has 0 spiro atoms. The number of hydrogen-bond donors (Lipinski definition) is 1. The van der Waals surface area contributed by atoms with Gasteiger partial charge < -0.3 is 9.64 Å². The van der Waals surface area contributed by atoms with Crippen LogP contribution in [-0.2, 0) is 16.6 Å². The molecule has 3 aromatic rings. The molecule has 1 heterocycles. The third kappa shape index (κ3) is 5.73. The molecule has 8 nitrogen and oxygen atoms in total. The fourth-order valence-corrected chi connectivity index (χ4v) is 4.28. The van der Waals surface area contributed by atoms with Crippen molar-refractivity contribution >= 4 is 49.7 Å². The zero-order valence-corrected chi connectivity index (χ0v) is 18.9. The average Bonchev–Trinajstić information content (AvgIpc) is 3.12. The molecule has 0 aliphatic heterocycles. The fourth-order valence-electron chi connectivity index (χ4n) is 2.70. The van der Waals surface area contributed by atoms with Gasteiger partial charge in [-0.1, -0.05) is 35.1 Å². The number of carbonyl (C=O) groups excluding carboxylic acids is 1. The molecule has 0 aliphatic rings. The van der Waals surface area contributed by atoms with Crippen LogP contribution in [0.5, 0.6) is 5.75 Å². The number of nitrogens with zero attached hydrogens (tertiary/aromatic N) is 3. The van der Waals surface area contributed by atoms with E-state index in [2.05, 4.69) is 11.1 Å². The number of hydrogen-bond acceptors (Lipinski definition) is 8. The first-order valence-corrected chi connectivity index (χ1v) is 11.9. The average molecular weight is 477 g/mol. The van der Waals surface area contributed by atoms with E-state index in [1.165, 1.54) is 0 Å². The summed E-state index contributed by atoms with van der Waals surface area (Å²) in [6.07, 6.45) is 0.873. The van der Waals surface area contributed by atoms with E-state index < -0.39 is 15.9 Å². The molecule has 1 aromatic heterocycles. The van der Waals surface area contributed by atoms with Gasteiger partial charge in [-0.2, -0.15) is 5.26 Å². The number of halogens is 1. The van der Waals surface area contributed by atoms with Crippen molar-refractivity contribution in [2.75, 3.05) is 18.3 Å². The highest BCUT2D eigenvalue weighted by Crippen LogP contribution is 2.36. The van der Waals surface area contributed by atoms with Crippen molar-refractivity contribution in [1.82, 2.24) is 9.71 Å². The van der Waals surface area contributed by atoms with Crippen LogP contribution in [0.15, 0.2) is 48.5 Å². The molecule has 3 rings (SSSR count). The molecule has 0 radical (unpaired) electrons. The Morgan fingerprint density at radius 3 is 2.61 bits per heavy atom. The van der Waals surface area contributed by atoms with Crippen molar-refractivity contribution in [2.24, 2.45) is 0 Å². The van der Waals surface area contributed by atoms with Crippen LogP contribution in [0.1, 0.15) is 21.6 Å². The van der Waals surface area contributed by atoms with Crippen molar-refractivity contribution < 1.29 is 17.9 Å². The lowest BCUT2D eigenvalue weighted by Crippen LogP contribution is -2.29. The lowest BCUT2D eigenvalue weighted by molar-refractivity contribution is 0.0977. The zero-order valence-electron chi connectivity index (χ0n) is 16.5. The highest BCUT2D eigenvalue weighted by molar-refractivity contribution is 7.89. The lowest BCUT2D eigenvalue weighted by Gasteiger charge is -2.22. The van der Waals surface area contributed by atoms with Gasteiger partial charge in [0.25, 0.3) is 5.91 Å². The zero-order chi connectivity index (χ0) is 22.6. The molecule has 0 saturated heterocycles. The minimum Gasteiger partial charge on any atom is -0.497 e. The number of thiazole rings is 1. The van der Waals surface area contributed by atoms with Crippen molar-refractivity contribution in [3.8, 4) is 11.8 Å². The van der Waals surface area contributed by atoms with Crippen molar-refractivity contribution in [2.45, 2.75) is 6.54 Å². The van der Waals surface area contributed by atoms with E-state index in [1.54, 1.807) is 31.4 Å². The monoisotopic (exact) mass is 476 g/mol. The molecule has 0 bridgehead atoms. The summed E-state index contributed by atoms with van der Waals surface area (Å²) in [5.41, 5.74) is 1.92. The number of methoxy groups -OCH3 is 1. The minimum absolute atomic E-state index is 0.0560. The quantitative estimate of drug-likeness (QED) is 0.553. The Morgan fingerprint density at radius 2 is 2.00 bits per heavy atom. The molecule has 11 heteroatoms. The van der Waals surface area contributed by atoms with Crippen LogP contribution < -0.4 is 14.4 Å². The smallest absolute Gasteiger partial charge is 0.285 e. The van der Waals surface area contributed by atoms with Crippen LogP contribution in [0, 0.1) is 11.3 Å². The summed E-state index contributed by atoms with van der Waals surface area (Å²) < 4.78 is 30.0. The fraction of sp³-hybridized carbons (Fsp3) is 0.150. The molecule has 31 heavy (non-hydrogen) atoms. The topological polar surface area (TPSA) is 112 Å². The van der Waals surface area contributed by atoms with Crippen LogP contribution in [0.4, 0.5) is 10.8 Å². The van der Waals surface area contributed by atoms with Gasteiger partial charge in [0.1, 0.15) is 10.1 Å². The number of rotatable bonds is 7. The molecule has 2 aromatic carbocycles. The van der Waals surface area contributed by atoms with Gasteiger partial charge in [-0.3, -0.25) is 4.79 Å². The van der Waals surface area contributed by atoms with Crippen LogP contribution >= 0.6 is 22.9 Å². The van der Waals surface area contributed by atoms with E-state index >= 15 is 0 Å². The number of nitrogens with one attached hydrogen (secondary N) is 1. The molecule has 0 atom stereocenters. The summed E-state index contributed by atoms with van der Waals surface area (Å²) in [5.74, 6) is -0.223. The number of anilines is 2. The molecule has 0 fully saturated rings. The summed E-state index contributed by atoms with van der Waals surface area (Å²) in [4.78, 5) is 18.4. The Balaban J connectivity index is 2.02. The van der Waals surface area contributed by atoms with Gasteiger partial charge in [0.05, 0.1) is 31.5 Å². The van der Waals surface area contributed by atoms with Gasteiger partial charge in [0, 0.05) is 5.69 Å². The highest BCUT2D eigenvalue weighted by atomic mass is 35.5. The Labute approximate surface area is 188 Å². The summed E-state index contributed by atoms with van der Waals surface area (Å²) in [6, 6.07) is 16.4. The number of sulfonamides is 1. The SMILES string of the molecule is COc1cccc(CN(c2ccc(C#N)cc2)c2nc(C(=O)NS(C)(=O)=O)c(Cl)s2)c1. The summed E-state index contributed by atoms with van der Waals surface area (Å²) >= 11 is 7.25. The van der Waals surface area contributed by atoms with Gasteiger partial charge >= 0.3 is 0 Å². The van der Waals surface area contributed by atoms with E-state index in [-0.39, 0.29) is 10.0 Å². The van der Waals surface area contributed by atoms with Gasteiger partial charge in [-0.05, 0) is 42.0 Å². The second kappa shape index (κ2) is 9.34. The standard InChI is InChI=1S/C20H17ClN4O4S2/c1-29-16-5-3-4-14(10-16)12-25(15-8-6-13(11-22)7-9-15)20-23-17(18(21)30-20)19(26)24-31(2,27)28/h3-10H,12H2,1-2H3,(H,24,26). The predicted molar refractivity (Wildman–Crippen MR) is 119 cm³/mol. The molecular weight excluding hydrogens is 460 g/mol. The Hall–Kier alpha value is -3.13. The number of aromatic nitrogens is 1. The second-order valence-electron chi connectivity index (χ2n) is 6.42. The number of amides is 1. The number of carbonyl (C=O) groups is 1. The lowest BCUT2D eigenvalue weighted by atomic mass is 10.1. The molecule has 1 N–H and O–H groups in total. The first kappa shape index (κ1) is 22.6. The number of benzene rings is 2. The molecule has 160 valence electrons. The van der Waals surface area contributed by atoms with Gasteiger partial charge in [0.15, 0.2) is 10.8 Å². The maximum atomic E-state index is 12.3. The highest BCUT2D eigenvalue weighted by Gasteiger charge is 2.23. The van der Waals surface area contributed by atoms with Crippen LogP contribution in [0.25, 0.3) is 0 Å². The van der Waals surface area contributed by atoms with Crippen molar-refractivity contribution in [1.29, 1.82) is 5.26 Å². The van der Waals surface area contributed by atoms with E-state index in [0.29, 0.717) is 28.7 Å². The van der Waals surface area contributed by atoms with Crippen LogP contribution in [0.2, 0.25) is 4.34 Å². The summed E-state index contributed by atoms with van der Waals surface area (Å²) in [5, 5.41) is 9.46. The van der Waals surface area contributed by atoms with Crippen molar-refractivity contribution in [3.63, 3.8) is 0 Å². The largest absolute Gasteiger partial charge is 0.497 e. The molecular formula is C20H17ClN4O4S2. The second-order valence-corrected chi connectivity index (χ2v) is 9.75. The molecule has 0 unspecified atom stereocenters. The minimum atomic E-state index is -3.77. The Bertz CT molecular complexity index is 1250. The maximum Gasteiger partial charge on any atom is 0.285 e. The number of ether oxygens (including phenoxy) is 1. The van der Waals surface area contributed by atoms with Crippen LogP contribution in [-0.4, -0.2) is 32.7 Å². The Morgan fingerprint density at radius 1 is 1.29 bits per heavy atom. The Kier molecular flexibility index (Phi) is 6.80. The maximum absolute atomic E-state index is 12.3. The summed E-state index contributed by atoms with van der Waals surface area (Å²) in [6.45, 7) is 0.361. The molecule has 0 saturated carbocycles. The first-order chi connectivity index (χ1) is 14.7. The van der Waals surface area contributed by atoms with E-state index in [0.717, 1.165) is 23.2 Å². The third-order valence-corrected chi connectivity index (χ3v) is 5.91. The number of nitriles is 1. The van der Waals surface area contributed by atoms with E-state index in [4.69, 9.17) is 21.6 Å². The van der Waals surface area contributed by atoms with Gasteiger partial charge in [-0.25, -0.2) is 18.1 Å². The van der Waals surface area contributed by atoms with Gasteiger partial charge in [0.2, 0.25) is 10.0 Å². The summed E-state index contributed by atoms with van der Waals surface area (Å²) in [7, 11) is -2.19.